The van der Waals surface area contributed by atoms with E-state index in [1.807, 2.05) is 4.90 Å². The number of rotatable bonds is 0. The zero-order chi connectivity index (χ0) is 10.2. The standard InChI is InChI=1S/C10H18N2O2/c1-8(13)12-5-3-10(14)2-4-11-6-9(10)7-12/h9,11,14H,2-7H2,1H3/t9-,10-/m1/s1. The minimum Gasteiger partial charge on any atom is -0.389 e. The summed E-state index contributed by atoms with van der Waals surface area (Å²) in [6, 6.07) is 0. The monoisotopic (exact) mass is 198 g/mol. The lowest BCUT2D eigenvalue weighted by molar-refractivity contribution is -0.139. The third-order valence-electron chi connectivity index (χ3n) is 3.59. The number of amides is 1. The minimum atomic E-state index is -0.517. The third kappa shape index (κ3) is 1.64. The van der Waals surface area contributed by atoms with Gasteiger partial charge in [0.05, 0.1) is 5.60 Å². The maximum absolute atomic E-state index is 11.2. The van der Waals surface area contributed by atoms with Crippen LogP contribution >= 0.6 is 0 Å². The van der Waals surface area contributed by atoms with Gasteiger partial charge in [-0.2, -0.15) is 0 Å². The molecule has 2 aliphatic heterocycles. The molecule has 0 saturated carbocycles. The highest BCUT2D eigenvalue weighted by Gasteiger charge is 2.43. The van der Waals surface area contributed by atoms with Gasteiger partial charge in [-0.25, -0.2) is 0 Å². The van der Waals surface area contributed by atoms with Crippen molar-refractivity contribution in [3.05, 3.63) is 0 Å². The molecule has 80 valence electrons. The molecule has 0 aromatic heterocycles. The molecule has 0 aliphatic carbocycles. The Hall–Kier alpha value is -0.610. The van der Waals surface area contributed by atoms with Crippen LogP contribution in [0.15, 0.2) is 0 Å². The van der Waals surface area contributed by atoms with Crippen molar-refractivity contribution in [2.45, 2.75) is 25.4 Å². The van der Waals surface area contributed by atoms with Crippen LogP contribution in [-0.4, -0.2) is 47.7 Å². The SMILES string of the molecule is CC(=O)N1CC[C@]2(O)CCNC[C@@H]2C1. The zero-order valence-electron chi connectivity index (χ0n) is 8.62. The second-order valence-electron chi connectivity index (χ2n) is 4.47. The van der Waals surface area contributed by atoms with Crippen LogP contribution in [0.4, 0.5) is 0 Å². The van der Waals surface area contributed by atoms with E-state index >= 15 is 0 Å². The van der Waals surface area contributed by atoms with E-state index in [0.717, 1.165) is 25.9 Å². The van der Waals surface area contributed by atoms with Crippen LogP contribution < -0.4 is 5.32 Å². The lowest BCUT2D eigenvalue weighted by Crippen LogP contribution is -2.59. The first-order chi connectivity index (χ1) is 6.62. The number of likely N-dealkylation sites (tertiary alicyclic amines) is 1. The molecular formula is C10H18N2O2. The van der Waals surface area contributed by atoms with Gasteiger partial charge >= 0.3 is 0 Å². The van der Waals surface area contributed by atoms with Crippen LogP contribution in [-0.2, 0) is 4.79 Å². The summed E-state index contributed by atoms with van der Waals surface area (Å²) in [6.45, 7) is 4.75. The first-order valence-corrected chi connectivity index (χ1v) is 5.30. The molecule has 0 bridgehead atoms. The molecule has 4 nitrogen and oxygen atoms in total. The predicted molar refractivity (Wildman–Crippen MR) is 52.8 cm³/mol. The van der Waals surface area contributed by atoms with E-state index in [1.165, 1.54) is 0 Å². The summed E-state index contributed by atoms with van der Waals surface area (Å²) in [5.41, 5.74) is -0.517. The van der Waals surface area contributed by atoms with E-state index in [0.29, 0.717) is 13.1 Å². The number of aliphatic hydroxyl groups is 1. The number of fused-ring (bicyclic) bond motifs is 1. The smallest absolute Gasteiger partial charge is 0.219 e. The summed E-state index contributed by atoms with van der Waals surface area (Å²) in [5.74, 6) is 0.339. The maximum atomic E-state index is 11.2. The van der Waals surface area contributed by atoms with Crippen molar-refractivity contribution in [1.82, 2.24) is 10.2 Å². The van der Waals surface area contributed by atoms with E-state index in [-0.39, 0.29) is 11.8 Å². The molecule has 4 heteroatoms. The van der Waals surface area contributed by atoms with Gasteiger partial charge in [-0.05, 0) is 19.4 Å². The molecule has 0 aromatic carbocycles. The van der Waals surface area contributed by atoms with Gasteiger partial charge in [0.15, 0.2) is 0 Å². The van der Waals surface area contributed by atoms with Gasteiger partial charge in [0.25, 0.3) is 0 Å². The quantitative estimate of drug-likeness (QED) is 0.556. The number of nitrogens with one attached hydrogen (secondary N) is 1. The van der Waals surface area contributed by atoms with Gasteiger partial charge in [0, 0.05) is 32.5 Å². The van der Waals surface area contributed by atoms with Crippen molar-refractivity contribution in [2.24, 2.45) is 5.92 Å². The largest absolute Gasteiger partial charge is 0.389 e. The van der Waals surface area contributed by atoms with Gasteiger partial charge in [-0.15, -0.1) is 0 Å². The molecule has 1 amide bonds. The molecule has 2 fully saturated rings. The Morgan fingerprint density at radius 3 is 3.07 bits per heavy atom. The molecule has 2 rings (SSSR count). The lowest BCUT2D eigenvalue weighted by atomic mass is 9.76. The highest BCUT2D eigenvalue weighted by molar-refractivity contribution is 5.73. The Morgan fingerprint density at radius 1 is 1.57 bits per heavy atom. The van der Waals surface area contributed by atoms with Crippen LogP contribution in [0.25, 0.3) is 0 Å². The van der Waals surface area contributed by atoms with Crippen molar-refractivity contribution < 1.29 is 9.90 Å². The van der Waals surface area contributed by atoms with Gasteiger partial charge in [0.2, 0.25) is 5.91 Å². The molecule has 2 aliphatic rings. The topological polar surface area (TPSA) is 52.6 Å². The van der Waals surface area contributed by atoms with Gasteiger partial charge in [-0.1, -0.05) is 0 Å². The summed E-state index contributed by atoms with van der Waals surface area (Å²) in [5, 5.41) is 13.6. The lowest BCUT2D eigenvalue weighted by Gasteiger charge is -2.47. The first kappa shape index (κ1) is 9.93. The maximum Gasteiger partial charge on any atom is 0.219 e. The molecule has 2 heterocycles. The predicted octanol–water partition coefficient (Wildman–Crippen LogP) is -0.421. The average molecular weight is 198 g/mol. The molecule has 0 spiro atoms. The van der Waals surface area contributed by atoms with Crippen molar-refractivity contribution >= 4 is 5.91 Å². The van der Waals surface area contributed by atoms with E-state index in [1.54, 1.807) is 6.92 Å². The van der Waals surface area contributed by atoms with Crippen molar-refractivity contribution in [3.8, 4) is 0 Å². The van der Waals surface area contributed by atoms with Gasteiger partial charge in [-0.3, -0.25) is 4.79 Å². The number of hydrogen-bond donors (Lipinski definition) is 2. The van der Waals surface area contributed by atoms with E-state index in [4.69, 9.17) is 0 Å². The summed E-state index contributed by atoms with van der Waals surface area (Å²) < 4.78 is 0. The highest BCUT2D eigenvalue weighted by Crippen LogP contribution is 2.32. The number of carbonyl (C=O) groups excluding carboxylic acids is 1. The molecule has 0 radical (unpaired) electrons. The average Bonchev–Trinajstić information content (AvgIpc) is 2.16. The summed E-state index contributed by atoms with van der Waals surface area (Å²) >= 11 is 0. The van der Waals surface area contributed by atoms with Gasteiger partial charge < -0.3 is 15.3 Å². The van der Waals surface area contributed by atoms with Crippen molar-refractivity contribution in [3.63, 3.8) is 0 Å². The Bertz CT molecular complexity index is 244. The number of piperidine rings is 2. The molecule has 14 heavy (non-hydrogen) atoms. The Kier molecular flexibility index (Phi) is 2.49. The molecular weight excluding hydrogens is 180 g/mol. The molecule has 0 unspecified atom stereocenters. The van der Waals surface area contributed by atoms with Crippen LogP contribution in [0.2, 0.25) is 0 Å². The number of nitrogens with zero attached hydrogens (tertiary/aromatic N) is 1. The molecule has 0 aromatic rings. The zero-order valence-corrected chi connectivity index (χ0v) is 8.62. The van der Waals surface area contributed by atoms with E-state index in [2.05, 4.69) is 5.32 Å². The van der Waals surface area contributed by atoms with E-state index in [9.17, 15) is 9.90 Å². The summed E-state index contributed by atoms with van der Waals surface area (Å²) in [6.07, 6.45) is 1.56. The Morgan fingerprint density at radius 2 is 2.36 bits per heavy atom. The summed E-state index contributed by atoms with van der Waals surface area (Å²) in [4.78, 5) is 13.0. The second-order valence-corrected chi connectivity index (χ2v) is 4.47. The minimum absolute atomic E-state index is 0.123. The summed E-state index contributed by atoms with van der Waals surface area (Å²) in [7, 11) is 0. The fourth-order valence-electron chi connectivity index (χ4n) is 2.51. The molecule has 2 atom stereocenters. The first-order valence-electron chi connectivity index (χ1n) is 5.30. The second kappa shape index (κ2) is 3.51. The van der Waals surface area contributed by atoms with Crippen LogP contribution in [0.3, 0.4) is 0 Å². The van der Waals surface area contributed by atoms with Crippen molar-refractivity contribution in [2.75, 3.05) is 26.2 Å². The Balaban J connectivity index is 2.05. The van der Waals surface area contributed by atoms with E-state index < -0.39 is 5.60 Å². The van der Waals surface area contributed by atoms with Crippen molar-refractivity contribution in [1.29, 1.82) is 0 Å². The third-order valence-corrected chi connectivity index (χ3v) is 3.59. The molecule has 2 saturated heterocycles. The fourth-order valence-corrected chi connectivity index (χ4v) is 2.51. The van der Waals surface area contributed by atoms with Gasteiger partial charge in [0.1, 0.15) is 0 Å². The van der Waals surface area contributed by atoms with Crippen LogP contribution in [0.5, 0.6) is 0 Å². The van der Waals surface area contributed by atoms with Crippen LogP contribution in [0.1, 0.15) is 19.8 Å². The number of hydrogen-bond acceptors (Lipinski definition) is 3. The normalized spacial score (nSPS) is 37.9. The van der Waals surface area contributed by atoms with Crippen LogP contribution in [0, 0.1) is 5.92 Å². The fraction of sp³-hybridized carbons (Fsp3) is 0.900. The molecule has 2 N–H and O–H groups in total. The Labute approximate surface area is 84.3 Å². The number of carbonyl (C=O) groups is 1. The highest BCUT2D eigenvalue weighted by atomic mass is 16.3.